The number of para-hydroxylation sites is 1. The molecule has 1 unspecified atom stereocenters. The number of fused-ring (bicyclic) bond motifs is 1. The van der Waals surface area contributed by atoms with Crippen molar-refractivity contribution in [2.45, 2.75) is 39.0 Å². The summed E-state index contributed by atoms with van der Waals surface area (Å²) in [4.78, 5) is 26.1. The minimum atomic E-state index is -4.17. The van der Waals surface area contributed by atoms with E-state index in [9.17, 15) is 18.0 Å². The molecule has 0 fully saturated rings. The lowest BCUT2D eigenvalue weighted by molar-refractivity contribution is -0.119. The molecule has 2 amide bonds. The molecule has 0 bridgehead atoms. The first-order valence-electron chi connectivity index (χ1n) is 15.2. The molecule has 0 radical (unpaired) electrons. The van der Waals surface area contributed by atoms with Gasteiger partial charge in [0.1, 0.15) is 11.3 Å². The topological polar surface area (TPSA) is 126 Å². The molecule has 3 N–H and O–H groups in total. The largest absolute Gasteiger partial charge is 0.456 e. The van der Waals surface area contributed by atoms with Crippen LogP contribution in [0.4, 0.5) is 5.69 Å². The maximum atomic E-state index is 13.7. The monoisotopic (exact) mass is 638 g/mol. The number of rotatable bonds is 11. The van der Waals surface area contributed by atoms with Crippen LogP contribution in [0.15, 0.2) is 108 Å². The van der Waals surface area contributed by atoms with Gasteiger partial charge in [0.25, 0.3) is 16.0 Å². The van der Waals surface area contributed by atoms with Crippen LogP contribution >= 0.6 is 0 Å². The van der Waals surface area contributed by atoms with Gasteiger partial charge in [0.2, 0.25) is 5.91 Å². The lowest BCUT2D eigenvalue weighted by atomic mass is 9.85. The first-order chi connectivity index (χ1) is 21.8. The van der Waals surface area contributed by atoms with Crippen molar-refractivity contribution in [2.24, 2.45) is 5.92 Å². The highest BCUT2D eigenvalue weighted by Crippen LogP contribution is 2.29. The molecule has 238 valence electrons. The average molecular weight is 639 g/mol. The summed E-state index contributed by atoms with van der Waals surface area (Å²) in [6.07, 6.45) is 0.958. The zero-order valence-corrected chi connectivity index (χ0v) is 26.9. The summed E-state index contributed by atoms with van der Waals surface area (Å²) < 4.78 is 36.7. The van der Waals surface area contributed by atoms with Crippen molar-refractivity contribution in [3.8, 4) is 11.3 Å². The molecule has 1 heterocycles. The zero-order valence-electron chi connectivity index (χ0n) is 26.1. The van der Waals surface area contributed by atoms with Crippen LogP contribution in [0.5, 0.6) is 0 Å². The molecule has 1 aromatic heterocycles. The van der Waals surface area contributed by atoms with E-state index in [4.69, 9.17) is 8.97 Å². The summed E-state index contributed by atoms with van der Waals surface area (Å²) >= 11 is 0. The van der Waals surface area contributed by atoms with Gasteiger partial charge in [-0.05, 0) is 83.5 Å². The minimum absolute atomic E-state index is 0.0181. The first kappa shape index (κ1) is 32.7. The van der Waals surface area contributed by atoms with Crippen molar-refractivity contribution in [3.05, 3.63) is 125 Å². The van der Waals surface area contributed by atoms with Gasteiger partial charge >= 0.3 is 0 Å². The van der Waals surface area contributed by atoms with E-state index in [1.54, 1.807) is 24.3 Å². The van der Waals surface area contributed by atoms with Crippen molar-refractivity contribution in [3.63, 3.8) is 0 Å². The van der Waals surface area contributed by atoms with E-state index < -0.39 is 27.7 Å². The second-order valence-electron chi connectivity index (χ2n) is 12.5. The van der Waals surface area contributed by atoms with Crippen molar-refractivity contribution in [1.29, 1.82) is 0 Å². The molecule has 5 aromatic rings. The summed E-state index contributed by atoms with van der Waals surface area (Å²) in [6, 6.07) is 32.7. The number of carbonyl (C=O) groups excluding carboxylic acids is 2. The average Bonchev–Trinajstić information content (AvgIpc) is 3.45. The lowest BCUT2D eigenvalue weighted by Crippen LogP contribution is -2.29. The van der Waals surface area contributed by atoms with E-state index >= 15 is 0 Å². The number of nitrogens with one attached hydrogen (secondary N) is 2. The number of hydrogen-bond donors (Lipinski definition) is 3. The standard InChI is InChI=1S/C37H38N2O6S/c1-37(2,3)31-16-10-26(11-17-31)23-30(22-25-8-12-28(13-9-25)35(40)38-20-21-46(42,43)44)36(41)39-32-18-14-27(15-19-32)34-24-29-6-4-5-7-33(29)45-34/h4-19,24,30H,20-23H2,1-3H3,(H,38,40)(H,39,41)(H,42,43,44). The quantitative estimate of drug-likeness (QED) is 0.133. The van der Waals surface area contributed by atoms with Gasteiger partial charge in [-0.3, -0.25) is 14.1 Å². The molecule has 0 saturated carbocycles. The third kappa shape index (κ3) is 8.71. The van der Waals surface area contributed by atoms with Crippen molar-refractivity contribution < 1.29 is 27.0 Å². The number of hydrogen-bond acceptors (Lipinski definition) is 5. The second-order valence-corrected chi connectivity index (χ2v) is 14.1. The number of anilines is 1. The van der Waals surface area contributed by atoms with E-state index in [1.807, 2.05) is 54.6 Å². The maximum absolute atomic E-state index is 13.7. The smallest absolute Gasteiger partial charge is 0.266 e. The normalized spacial score (nSPS) is 12.5. The number of amides is 2. The summed E-state index contributed by atoms with van der Waals surface area (Å²) in [5.74, 6) is -0.776. The van der Waals surface area contributed by atoms with Crippen LogP contribution in [-0.2, 0) is 33.2 Å². The maximum Gasteiger partial charge on any atom is 0.266 e. The third-order valence-electron chi connectivity index (χ3n) is 7.88. The predicted octanol–water partition coefficient (Wildman–Crippen LogP) is 7.06. The summed E-state index contributed by atoms with van der Waals surface area (Å²) in [6.45, 7) is 6.29. The fourth-order valence-electron chi connectivity index (χ4n) is 5.24. The van der Waals surface area contributed by atoms with Gasteiger partial charge in [-0.1, -0.05) is 75.4 Å². The van der Waals surface area contributed by atoms with E-state index in [0.29, 0.717) is 24.1 Å². The lowest BCUT2D eigenvalue weighted by Gasteiger charge is -2.21. The Balaban J connectivity index is 1.30. The molecule has 0 aliphatic carbocycles. The van der Waals surface area contributed by atoms with Gasteiger partial charge in [0.05, 0.1) is 5.75 Å². The zero-order chi connectivity index (χ0) is 32.9. The predicted molar refractivity (Wildman–Crippen MR) is 182 cm³/mol. The van der Waals surface area contributed by atoms with Gasteiger partial charge in [-0.25, -0.2) is 0 Å². The Kier molecular flexibility index (Phi) is 9.74. The Labute approximate surface area is 269 Å². The van der Waals surface area contributed by atoms with Gasteiger partial charge < -0.3 is 15.1 Å². The first-order valence-corrected chi connectivity index (χ1v) is 16.8. The molecule has 9 heteroatoms. The summed E-state index contributed by atoms with van der Waals surface area (Å²) in [7, 11) is -4.17. The van der Waals surface area contributed by atoms with Crippen LogP contribution in [0, 0.1) is 5.92 Å². The van der Waals surface area contributed by atoms with Crippen LogP contribution in [0.1, 0.15) is 47.8 Å². The molecular weight excluding hydrogens is 600 g/mol. The van der Waals surface area contributed by atoms with E-state index in [2.05, 4.69) is 55.7 Å². The Hall–Kier alpha value is -4.73. The van der Waals surface area contributed by atoms with Crippen LogP contribution in [0.3, 0.4) is 0 Å². The van der Waals surface area contributed by atoms with Gasteiger partial charge in [0, 0.05) is 34.7 Å². The van der Waals surface area contributed by atoms with Gasteiger partial charge in [-0.15, -0.1) is 0 Å². The Morgan fingerprint density at radius 2 is 1.43 bits per heavy atom. The Morgan fingerprint density at radius 3 is 2.02 bits per heavy atom. The SMILES string of the molecule is CC(C)(C)c1ccc(CC(Cc2ccc(C(=O)NCCS(=O)(=O)O)cc2)C(=O)Nc2ccc(-c3cc4ccccc4o3)cc2)cc1. The third-order valence-corrected chi connectivity index (χ3v) is 8.60. The summed E-state index contributed by atoms with van der Waals surface area (Å²) in [5, 5.41) is 6.59. The molecule has 4 aromatic carbocycles. The number of furan rings is 1. The van der Waals surface area contributed by atoms with E-state index in [-0.39, 0.29) is 17.9 Å². The minimum Gasteiger partial charge on any atom is -0.456 e. The number of carbonyl (C=O) groups is 2. The van der Waals surface area contributed by atoms with Crippen LogP contribution in [-0.4, -0.2) is 37.1 Å². The highest BCUT2D eigenvalue weighted by molar-refractivity contribution is 7.85. The molecule has 0 spiro atoms. The van der Waals surface area contributed by atoms with Crippen LogP contribution in [0.25, 0.3) is 22.3 Å². The van der Waals surface area contributed by atoms with Gasteiger partial charge in [-0.2, -0.15) is 8.42 Å². The fraction of sp³-hybridized carbons (Fsp3) is 0.243. The molecule has 0 aliphatic heterocycles. The van der Waals surface area contributed by atoms with E-state index in [1.165, 1.54) is 5.56 Å². The van der Waals surface area contributed by atoms with Crippen LogP contribution < -0.4 is 10.6 Å². The molecule has 0 saturated heterocycles. The van der Waals surface area contributed by atoms with E-state index in [0.717, 1.165) is 33.4 Å². The molecule has 0 aliphatic rings. The van der Waals surface area contributed by atoms with Crippen molar-refractivity contribution >= 4 is 38.6 Å². The molecule has 5 rings (SSSR count). The second kappa shape index (κ2) is 13.7. The highest BCUT2D eigenvalue weighted by atomic mass is 32.2. The van der Waals surface area contributed by atoms with Gasteiger partial charge in [0.15, 0.2) is 0 Å². The van der Waals surface area contributed by atoms with Crippen molar-refractivity contribution in [2.75, 3.05) is 17.6 Å². The fourth-order valence-corrected chi connectivity index (χ4v) is 5.60. The molecule has 46 heavy (non-hydrogen) atoms. The molecule has 8 nitrogen and oxygen atoms in total. The van der Waals surface area contributed by atoms with Crippen LogP contribution in [0.2, 0.25) is 0 Å². The number of benzene rings is 4. The highest BCUT2D eigenvalue weighted by Gasteiger charge is 2.22. The molecular formula is C37H38N2O6S. The van der Waals surface area contributed by atoms with Crippen molar-refractivity contribution in [1.82, 2.24) is 5.32 Å². The molecule has 1 atom stereocenters. The Morgan fingerprint density at radius 1 is 0.826 bits per heavy atom. The Bertz CT molecular complexity index is 1890. The summed E-state index contributed by atoms with van der Waals surface area (Å²) in [5.41, 5.74) is 5.91.